The Hall–Kier alpha value is 0.619. The monoisotopic (exact) mass is 895 g/mol. The molecule has 0 saturated carbocycles. The fourth-order valence-corrected chi connectivity index (χ4v) is 7.42. The average Bonchev–Trinajstić information content (AvgIpc) is 3.01. The van der Waals surface area contributed by atoms with Gasteiger partial charge in [-0.3, -0.25) is 0 Å². The Bertz CT molecular complexity index is 847. The standard InChI is InChI=1S/C21H38O3.C8H17NO2.C7H14O2.CH3.Hg.V/c1-8-19-16(5)11-14(3)9-13(2)10-15(4)12-17(6)20(22)18(7)21(23)24-19;1-6-4-7(9(2)3)5-8(10)11-6;1-5-3-4-9-6(2)7(5)8;;;/h13-20,22H,8,10-12H2,1-7H3;6-8,10H,4-5H2,1-3H3;5-8H,3-4H2,1-2H3;1H3;;/t13-,14-,15?,16+,17?,18?,19?,20?;;5?,6?,7-;;;/m0.1.../s1. The molecule has 47 heavy (non-hydrogen) atoms. The van der Waals surface area contributed by atoms with Gasteiger partial charge in [0.15, 0.2) is 6.29 Å². The van der Waals surface area contributed by atoms with E-state index >= 15 is 0 Å². The molecule has 3 heterocycles. The van der Waals surface area contributed by atoms with Crippen LogP contribution in [0.1, 0.15) is 114 Å². The number of carbonyl (C=O) groups excluding carboxylic acids is 1. The fraction of sp³-hybridized carbons (Fsp3) is 0.946. The Morgan fingerprint density at radius 2 is 1.38 bits per heavy atom. The van der Waals surface area contributed by atoms with E-state index < -0.39 is 18.3 Å². The van der Waals surface area contributed by atoms with Crippen LogP contribution in [0.4, 0.5) is 0 Å². The molecule has 0 bridgehead atoms. The Morgan fingerprint density at radius 1 is 0.809 bits per heavy atom. The van der Waals surface area contributed by atoms with Gasteiger partial charge in [-0.05, 0) is 46.7 Å². The molecular weight excluding hydrogens is 822 g/mol. The van der Waals surface area contributed by atoms with E-state index in [2.05, 4.69) is 74.8 Å². The Morgan fingerprint density at radius 3 is 1.87 bits per heavy atom. The summed E-state index contributed by atoms with van der Waals surface area (Å²) in [7, 11) is 4.07. The molecular formula is C37H72HgNO7V. The Labute approximate surface area is 314 Å². The van der Waals surface area contributed by atoms with Crippen LogP contribution in [0.15, 0.2) is 0 Å². The van der Waals surface area contributed by atoms with E-state index in [1.807, 2.05) is 27.9 Å². The predicted octanol–water partition coefficient (Wildman–Crippen LogP) is 6.20. The third-order valence-electron chi connectivity index (χ3n) is 10.3. The van der Waals surface area contributed by atoms with Crippen molar-refractivity contribution in [3.8, 4) is 0 Å². The first-order chi connectivity index (χ1) is 21.9. The number of nitrogens with zero attached hydrogens (tertiary/aromatic N) is 1. The zero-order valence-electron chi connectivity index (χ0n) is 32.3. The first-order valence-electron chi connectivity index (χ1n) is 18.3. The molecule has 3 aliphatic heterocycles. The van der Waals surface area contributed by atoms with Crippen LogP contribution in [0.5, 0.6) is 0 Å². The molecule has 0 aromatic rings. The van der Waals surface area contributed by atoms with Crippen molar-refractivity contribution in [2.24, 2.45) is 41.4 Å². The van der Waals surface area contributed by atoms with Crippen LogP contribution in [0.3, 0.4) is 0 Å². The predicted molar refractivity (Wildman–Crippen MR) is 184 cm³/mol. The van der Waals surface area contributed by atoms with Gasteiger partial charge in [-0.1, -0.05) is 6.92 Å². The molecule has 3 fully saturated rings. The van der Waals surface area contributed by atoms with Gasteiger partial charge in [0.1, 0.15) is 0 Å². The summed E-state index contributed by atoms with van der Waals surface area (Å²) in [4.78, 5) is 14.7. The van der Waals surface area contributed by atoms with E-state index in [9.17, 15) is 20.1 Å². The summed E-state index contributed by atoms with van der Waals surface area (Å²) >= 11 is 3.83. The van der Waals surface area contributed by atoms with Crippen molar-refractivity contribution in [3.05, 3.63) is 0 Å². The molecule has 0 spiro atoms. The molecule has 3 aliphatic rings. The van der Waals surface area contributed by atoms with Crippen molar-refractivity contribution in [3.63, 3.8) is 0 Å². The molecule has 3 N–H and O–H groups in total. The molecule has 274 valence electrons. The van der Waals surface area contributed by atoms with Crippen molar-refractivity contribution >= 4 is 10.2 Å². The van der Waals surface area contributed by atoms with Gasteiger partial charge in [0.05, 0.1) is 18.3 Å². The molecule has 10 heteroatoms. The van der Waals surface area contributed by atoms with E-state index in [1.54, 1.807) is 6.92 Å². The summed E-state index contributed by atoms with van der Waals surface area (Å²) in [6.07, 6.45) is 5.36. The first-order valence-corrected chi connectivity index (χ1v) is 24.5. The topological polar surface area (TPSA) is 109 Å². The van der Waals surface area contributed by atoms with Crippen molar-refractivity contribution < 1.29 is 77.4 Å². The van der Waals surface area contributed by atoms with Crippen molar-refractivity contribution in [1.82, 2.24) is 4.90 Å². The van der Waals surface area contributed by atoms with Gasteiger partial charge >= 0.3 is 194 Å². The molecule has 0 aromatic heterocycles. The number of hydrogen-bond acceptors (Lipinski definition) is 8. The zero-order chi connectivity index (χ0) is 36.6. The number of cyclic esters (lactones) is 1. The molecule has 8 nitrogen and oxygen atoms in total. The normalized spacial score (nSPS) is 40.6. The molecule has 0 aromatic carbocycles. The molecule has 14 atom stereocenters. The van der Waals surface area contributed by atoms with Crippen LogP contribution < -0.4 is 0 Å². The average molecular weight is 895 g/mol. The van der Waals surface area contributed by atoms with Crippen molar-refractivity contribution in [2.75, 3.05) is 20.7 Å². The summed E-state index contributed by atoms with van der Waals surface area (Å²) in [5.74, 6) is 1.70. The van der Waals surface area contributed by atoms with Crippen LogP contribution in [0, 0.1) is 41.4 Å². The number of carbonyl (C=O) groups is 1. The third-order valence-corrected chi connectivity index (χ3v) is 11.6. The van der Waals surface area contributed by atoms with E-state index in [4.69, 9.17) is 14.2 Å². The van der Waals surface area contributed by atoms with Crippen LogP contribution in [-0.4, -0.2) is 94.0 Å². The number of rotatable bonds is 2. The molecule has 3 rings (SSSR count). The minimum atomic E-state index is -0.638. The van der Waals surface area contributed by atoms with E-state index in [0.29, 0.717) is 35.6 Å². The quantitative estimate of drug-likeness (QED) is 0.223. The second kappa shape index (κ2) is 24.7. The number of esters is 1. The summed E-state index contributed by atoms with van der Waals surface area (Å²) in [6.45, 7) is 21.8. The van der Waals surface area contributed by atoms with Gasteiger partial charge in [-0.25, -0.2) is 0 Å². The summed E-state index contributed by atoms with van der Waals surface area (Å²) in [6, 6.07) is 0.466. The van der Waals surface area contributed by atoms with E-state index in [-0.39, 0.29) is 36.3 Å². The molecule has 0 amide bonds. The van der Waals surface area contributed by atoms with E-state index in [1.165, 1.54) is 4.23 Å². The van der Waals surface area contributed by atoms with Gasteiger partial charge in [0.25, 0.3) is 0 Å². The summed E-state index contributed by atoms with van der Waals surface area (Å²) in [5, 5.41) is 29.2. The van der Waals surface area contributed by atoms with Gasteiger partial charge < -0.3 is 24.6 Å². The minimum absolute atomic E-state index is 0.0359. The molecule has 10 unspecified atom stereocenters. The Balaban J connectivity index is 0.000000782. The van der Waals surface area contributed by atoms with E-state index in [0.717, 1.165) is 77.7 Å². The second-order valence-corrected chi connectivity index (χ2v) is 15.8. The SMILES string of the molecule is CC1CC(N(C)C)CC(O)O1.CC1CCOC(C)[C@@H]1O.CCC1OC(=O)C(C)C(O)C(C)CC(C)C[C@@H](C)[C](=[V])[C@H](C)C[C@H]1C.[CH3][Hg]. The fourth-order valence-electron chi connectivity index (χ4n) is 7.09. The molecule has 3 saturated heterocycles. The molecule has 0 radical (unpaired) electrons. The van der Waals surface area contributed by atoms with Gasteiger partial charge in [-0.15, -0.1) is 0 Å². The number of hydrogen-bond donors (Lipinski definition) is 3. The van der Waals surface area contributed by atoms with Crippen LogP contribution in [0.2, 0.25) is 4.43 Å². The van der Waals surface area contributed by atoms with Gasteiger partial charge in [0, 0.05) is 19.1 Å². The molecule has 0 aliphatic carbocycles. The summed E-state index contributed by atoms with van der Waals surface area (Å²) in [5.41, 5.74) is 0. The van der Waals surface area contributed by atoms with Crippen molar-refractivity contribution in [2.45, 2.75) is 161 Å². The van der Waals surface area contributed by atoms with Gasteiger partial charge in [0.2, 0.25) is 0 Å². The number of aliphatic hydroxyl groups is 3. The third kappa shape index (κ3) is 17.6. The maximum absolute atomic E-state index is 12.5. The zero-order valence-corrected chi connectivity index (χ0v) is 39.2. The van der Waals surface area contributed by atoms with Crippen LogP contribution in [0.25, 0.3) is 0 Å². The van der Waals surface area contributed by atoms with Crippen LogP contribution in [-0.2, 0) is 62.1 Å². The maximum atomic E-state index is 12.5. The number of aliphatic hydroxyl groups excluding tert-OH is 3. The van der Waals surface area contributed by atoms with Crippen molar-refractivity contribution in [1.29, 1.82) is 0 Å². The summed E-state index contributed by atoms with van der Waals surface area (Å²) < 4.78 is 19.9. The Kier molecular flexibility index (Phi) is 25.1. The van der Waals surface area contributed by atoms with Crippen LogP contribution >= 0.6 is 0 Å². The first kappa shape index (κ1) is 47.6. The van der Waals surface area contributed by atoms with Gasteiger partial charge in [-0.2, -0.15) is 0 Å². The number of ether oxygens (including phenoxy) is 3. The second-order valence-electron chi connectivity index (χ2n) is 15.0.